The van der Waals surface area contributed by atoms with E-state index >= 15 is 0 Å². The molecular formula is C12H18Br2N2O. The van der Waals surface area contributed by atoms with Crippen molar-refractivity contribution >= 4 is 31.9 Å². The van der Waals surface area contributed by atoms with Gasteiger partial charge < -0.3 is 9.88 Å². The van der Waals surface area contributed by atoms with Gasteiger partial charge in [-0.15, -0.1) is 0 Å². The summed E-state index contributed by atoms with van der Waals surface area (Å²) in [6.07, 6.45) is 2.78. The fourth-order valence-electron chi connectivity index (χ4n) is 1.50. The smallest absolute Gasteiger partial charge is 0.264 e. The van der Waals surface area contributed by atoms with Crippen molar-refractivity contribution in [3.05, 3.63) is 31.6 Å². The predicted octanol–water partition coefficient (Wildman–Crippen LogP) is 3.01. The van der Waals surface area contributed by atoms with Gasteiger partial charge in [-0.2, -0.15) is 0 Å². The highest BCUT2D eigenvalue weighted by atomic mass is 79.9. The van der Waals surface area contributed by atoms with Gasteiger partial charge in [0.05, 0.1) is 4.47 Å². The summed E-state index contributed by atoms with van der Waals surface area (Å²) in [6, 6.07) is 1.77. The van der Waals surface area contributed by atoms with Crippen LogP contribution < -0.4 is 10.9 Å². The molecule has 0 saturated heterocycles. The number of hydrogen-bond donors (Lipinski definition) is 1. The first-order valence-corrected chi connectivity index (χ1v) is 7.35. The Morgan fingerprint density at radius 2 is 2.12 bits per heavy atom. The van der Waals surface area contributed by atoms with E-state index in [1.165, 1.54) is 0 Å². The number of aromatic nitrogens is 1. The number of hydrogen-bond acceptors (Lipinski definition) is 2. The van der Waals surface area contributed by atoms with Crippen LogP contribution in [0.5, 0.6) is 0 Å². The lowest BCUT2D eigenvalue weighted by Gasteiger charge is -2.09. The van der Waals surface area contributed by atoms with Crippen molar-refractivity contribution in [1.29, 1.82) is 0 Å². The molecule has 0 saturated carbocycles. The second-order valence-electron chi connectivity index (χ2n) is 4.46. The van der Waals surface area contributed by atoms with Crippen molar-refractivity contribution in [2.45, 2.75) is 26.8 Å². The Bertz CT molecular complexity index is 415. The second-order valence-corrected chi connectivity index (χ2v) is 6.23. The van der Waals surface area contributed by atoms with E-state index in [-0.39, 0.29) is 5.56 Å². The molecule has 17 heavy (non-hydrogen) atoms. The summed E-state index contributed by atoms with van der Waals surface area (Å²) in [5.41, 5.74) is 0.0251. The van der Waals surface area contributed by atoms with Crippen molar-refractivity contribution in [3.8, 4) is 0 Å². The van der Waals surface area contributed by atoms with Crippen LogP contribution in [0.3, 0.4) is 0 Å². The normalized spacial score (nSPS) is 11.1. The minimum absolute atomic E-state index is 0.0251. The van der Waals surface area contributed by atoms with E-state index in [1.54, 1.807) is 10.6 Å². The Hall–Kier alpha value is -0.130. The van der Waals surface area contributed by atoms with E-state index < -0.39 is 0 Å². The first kappa shape index (κ1) is 14.9. The number of pyridine rings is 1. The Morgan fingerprint density at radius 3 is 2.76 bits per heavy atom. The maximum absolute atomic E-state index is 11.8. The zero-order valence-electron chi connectivity index (χ0n) is 10.2. The lowest BCUT2D eigenvalue weighted by Crippen LogP contribution is -2.25. The summed E-state index contributed by atoms with van der Waals surface area (Å²) < 4.78 is 3.24. The van der Waals surface area contributed by atoms with Gasteiger partial charge in [-0.05, 0) is 63.4 Å². The minimum atomic E-state index is 0.0251. The molecule has 1 aromatic rings. The van der Waals surface area contributed by atoms with Crippen molar-refractivity contribution in [3.63, 3.8) is 0 Å². The molecule has 1 N–H and O–H groups in total. The average Bonchev–Trinajstić information content (AvgIpc) is 2.23. The predicted molar refractivity (Wildman–Crippen MR) is 78.4 cm³/mol. The van der Waals surface area contributed by atoms with E-state index in [9.17, 15) is 4.79 Å². The topological polar surface area (TPSA) is 34.0 Å². The lowest BCUT2D eigenvalue weighted by molar-refractivity contribution is 0.517. The first-order valence-electron chi connectivity index (χ1n) is 5.77. The second kappa shape index (κ2) is 7.34. The summed E-state index contributed by atoms with van der Waals surface area (Å²) in [6.45, 7) is 7.07. The van der Waals surface area contributed by atoms with Crippen LogP contribution in [0.15, 0.2) is 26.0 Å². The molecule has 0 atom stereocenters. The van der Waals surface area contributed by atoms with Crippen LogP contribution in [0.2, 0.25) is 0 Å². The molecule has 1 rings (SSSR count). The maximum Gasteiger partial charge on any atom is 0.264 e. The Morgan fingerprint density at radius 1 is 1.41 bits per heavy atom. The molecule has 0 aliphatic heterocycles. The van der Waals surface area contributed by atoms with Crippen LogP contribution in [0, 0.1) is 5.92 Å². The van der Waals surface area contributed by atoms with Gasteiger partial charge in [0.1, 0.15) is 0 Å². The van der Waals surface area contributed by atoms with Gasteiger partial charge in [0.2, 0.25) is 0 Å². The van der Waals surface area contributed by atoms with Crippen molar-refractivity contribution in [2.24, 2.45) is 5.92 Å². The fraction of sp³-hybridized carbons (Fsp3) is 0.583. The maximum atomic E-state index is 11.8. The highest BCUT2D eigenvalue weighted by molar-refractivity contribution is 9.11. The molecule has 0 radical (unpaired) electrons. The van der Waals surface area contributed by atoms with Crippen molar-refractivity contribution in [2.75, 3.05) is 13.1 Å². The van der Waals surface area contributed by atoms with Crippen LogP contribution in [-0.4, -0.2) is 17.7 Å². The Balaban J connectivity index is 2.44. The van der Waals surface area contributed by atoms with Gasteiger partial charge >= 0.3 is 0 Å². The summed E-state index contributed by atoms with van der Waals surface area (Å²) in [5, 5.41) is 3.36. The molecule has 0 unspecified atom stereocenters. The van der Waals surface area contributed by atoms with Gasteiger partial charge in [0.15, 0.2) is 0 Å². The van der Waals surface area contributed by atoms with Crippen LogP contribution in [-0.2, 0) is 6.54 Å². The summed E-state index contributed by atoms with van der Waals surface area (Å²) in [4.78, 5) is 11.8. The van der Waals surface area contributed by atoms with Crippen LogP contribution in [0.4, 0.5) is 0 Å². The summed E-state index contributed by atoms with van der Waals surface area (Å²) >= 11 is 6.64. The quantitative estimate of drug-likeness (QED) is 0.786. The molecule has 0 amide bonds. The third-order valence-electron chi connectivity index (χ3n) is 2.31. The van der Waals surface area contributed by atoms with Gasteiger partial charge in [-0.3, -0.25) is 4.79 Å². The zero-order chi connectivity index (χ0) is 12.8. The van der Waals surface area contributed by atoms with Gasteiger partial charge in [0.25, 0.3) is 5.56 Å². The van der Waals surface area contributed by atoms with E-state index in [0.717, 1.165) is 30.5 Å². The highest BCUT2D eigenvalue weighted by Gasteiger charge is 2.02. The average molecular weight is 366 g/mol. The molecule has 0 spiro atoms. The monoisotopic (exact) mass is 364 g/mol. The van der Waals surface area contributed by atoms with Gasteiger partial charge in [-0.1, -0.05) is 13.8 Å². The van der Waals surface area contributed by atoms with Crippen molar-refractivity contribution < 1.29 is 0 Å². The number of aryl methyl sites for hydroxylation is 1. The van der Waals surface area contributed by atoms with Crippen LogP contribution in [0.25, 0.3) is 0 Å². The number of rotatable bonds is 6. The molecule has 0 bridgehead atoms. The summed E-state index contributed by atoms with van der Waals surface area (Å²) in [5.74, 6) is 0.665. The lowest BCUT2D eigenvalue weighted by atomic mass is 10.2. The molecule has 0 fully saturated rings. The zero-order valence-corrected chi connectivity index (χ0v) is 13.3. The standard InChI is InChI=1S/C12H18Br2N2O/c1-9(2)7-15-4-3-5-16-8-10(13)6-11(14)12(16)17/h6,8-9,15H,3-5,7H2,1-2H3. The van der Waals surface area contributed by atoms with E-state index in [2.05, 4.69) is 51.0 Å². The van der Waals surface area contributed by atoms with Crippen LogP contribution in [0.1, 0.15) is 20.3 Å². The molecule has 5 heteroatoms. The third-order valence-corrected chi connectivity index (χ3v) is 3.32. The third kappa shape index (κ3) is 5.36. The summed E-state index contributed by atoms with van der Waals surface area (Å²) in [7, 11) is 0. The molecular weight excluding hydrogens is 348 g/mol. The largest absolute Gasteiger partial charge is 0.316 e. The van der Waals surface area contributed by atoms with Crippen LogP contribution >= 0.6 is 31.9 Å². The van der Waals surface area contributed by atoms with Gasteiger partial charge in [0, 0.05) is 17.2 Å². The molecule has 96 valence electrons. The number of halogens is 2. The van der Waals surface area contributed by atoms with Crippen molar-refractivity contribution in [1.82, 2.24) is 9.88 Å². The van der Waals surface area contributed by atoms with Gasteiger partial charge in [-0.25, -0.2) is 0 Å². The highest BCUT2D eigenvalue weighted by Crippen LogP contribution is 2.12. The number of nitrogens with zero attached hydrogens (tertiary/aromatic N) is 1. The van der Waals surface area contributed by atoms with E-state index in [0.29, 0.717) is 10.4 Å². The molecule has 0 aromatic carbocycles. The number of nitrogens with one attached hydrogen (secondary N) is 1. The SMILES string of the molecule is CC(C)CNCCCn1cc(Br)cc(Br)c1=O. The van der Waals surface area contributed by atoms with E-state index in [1.807, 2.05) is 6.20 Å². The molecule has 0 aliphatic rings. The minimum Gasteiger partial charge on any atom is -0.316 e. The first-order chi connectivity index (χ1) is 8.00. The molecule has 0 aliphatic carbocycles. The Labute approximate surface area is 119 Å². The molecule has 1 heterocycles. The van der Waals surface area contributed by atoms with E-state index in [4.69, 9.17) is 0 Å². The fourth-order valence-corrected chi connectivity index (χ4v) is 2.75. The molecule has 3 nitrogen and oxygen atoms in total. The Kier molecular flexibility index (Phi) is 6.44. The molecule has 1 aromatic heterocycles.